The van der Waals surface area contributed by atoms with Crippen LogP contribution in [0.2, 0.25) is 0 Å². The summed E-state index contributed by atoms with van der Waals surface area (Å²) in [7, 11) is 0. The summed E-state index contributed by atoms with van der Waals surface area (Å²) in [6.07, 6.45) is 1.97. The number of nitrogens with zero attached hydrogens (tertiary/aromatic N) is 1. The molecule has 1 aromatic heterocycles. The number of amides is 1. The number of halogens is 1. The summed E-state index contributed by atoms with van der Waals surface area (Å²) in [4.78, 5) is 25.7. The Hall–Kier alpha value is -4.19. The van der Waals surface area contributed by atoms with Crippen LogP contribution in [0.3, 0.4) is 0 Å². The van der Waals surface area contributed by atoms with Crippen LogP contribution in [0, 0.1) is 5.82 Å². The van der Waals surface area contributed by atoms with Crippen LogP contribution in [-0.2, 0) is 6.54 Å². The van der Waals surface area contributed by atoms with Gasteiger partial charge in [0.1, 0.15) is 11.9 Å². The number of anilines is 2. The van der Waals surface area contributed by atoms with Gasteiger partial charge in [-0.3, -0.25) is 9.59 Å². The molecular formula is C26H20FN3O2. The minimum atomic E-state index is -0.584. The highest BCUT2D eigenvalue weighted by Crippen LogP contribution is 2.31. The molecule has 0 saturated heterocycles. The van der Waals surface area contributed by atoms with E-state index in [4.69, 9.17) is 0 Å². The standard InChI is InChI=1S/C26H20FN3O2/c27-21-8-3-2-7-20(21)26(32)28-19-13-11-17(12-14-19)25(31)24-23-10-5-15-30(23)16-18-6-1-4-9-22(18)29-24/h1-15,24,29H,16H2,(H,28,32). The molecule has 1 aliphatic heterocycles. The highest BCUT2D eigenvalue weighted by Gasteiger charge is 2.28. The number of Topliss-reactive ketones (excluding diaryl/α,β-unsaturated/α-hetero) is 1. The number of para-hydroxylation sites is 1. The molecule has 5 nitrogen and oxygen atoms in total. The van der Waals surface area contributed by atoms with E-state index in [9.17, 15) is 14.0 Å². The molecule has 0 bridgehead atoms. The van der Waals surface area contributed by atoms with Gasteiger partial charge in [0.25, 0.3) is 5.91 Å². The zero-order valence-electron chi connectivity index (χ0n) is 17.1. The van der Waals surface area contributed by atoms with Gasteiger partial charge in [0.15, 0.2) is 5.78 Å². The molecule has 5 rings (SSSR count). The van der Waals surface area contributed by atoms with Crippen LogP contribution in [0.5, 0.6) is 0 Å². The molecule has 158 valence electrons. The van der Waals surface area contributed by atoms with Gasteiger partial charge in [0, 0.05) is 35.4 Å². The van der Waals surface area contributed by atoms with Crippen LogP contribution < -0.4 is 10.6 Å². The second-order valence-electron chi connectivity index (χ2n) is 7.67. The summed E-state index contributed by atoms with van der Waals surface area (Å²) in [5.74, 6) is -1.20. The van der Waals surface area contributed by atoms with Crippen molar-refractivity contribution in [2.24, 2.45) is 0 Å². The van der Waals surface area contributed by atoms with Gasteiger partial charge >= 0.3 is 0 Å². The molecule has 3 aromatic carbocycles. The first-order valence-corrected chi connectivity index (χ1v) is 10.3. The molecule has 0 fully saturated rings. The van der Waals surface area contributed by atoms with Crippen LogP contribution in [0.1, 0.15) is 38.0 Å². The number of hydrogen-bond donors (Lipinski definition) is 2. The Kier molecular flexibility index (Phi) is 5.03. The molecule has 1 amide bonds. The lowest BCUT2D eigenvalue weighted by molar-refractivity contribution is 0.0966. The predicted octanol–water partition coefficient (Wildman–Crippen LogP) is 5.28. The van der Waals surface area contributed by atoms with E-state index in [-0.39, 0.29) is 11.3 Å². The summed E-state index contributed by atoms with van der Waals surface area (Å²) < 4.78 is 15.9. The Bertz CT molecular complexity index is 1310. The monoisotopic (exact) mass is 425 g/mol. The second-order valence-corrected chi connectivity index (χ2v) is 7.67. The number of carbonyl (C=O) groups excluding carboxylic acids is 2. The van der Waals surface area contributed by atoms with E-state index in [1.165, 1.54) is 18.2 Å². The largest absolute Gasteiger partial charge is 0.370 e. The number of aromatic nitrogens is 1. The van der Waals surface area contributed by atoms with Crippen LogP contribution in [0.25, 0.3) is 0 Å². The van der Waals surface area contributed by atoms with Crippen molar-refractivity contribution in [2.45, 2.75) is 12.6 Å². The van der Waals surface area contributed by atoms with E-state index in [1.807, 2.05) is 42.6 Å². The number of carbonyl (C=O) groups is 2. The minimum absolute atomic E-state index is 0.0327. The van der Waals surface area contributed by atoms with E-state index in [2.05, 4.69) is 15.2 Å². The fraction of sp³-hybridized carbons (Fsp3) is 0.0769. The van der Waals surface area contributed by atoms with Crippen molar-refractivity contribution in [2.75, 3.05) is 10.6 Å². The first kappa shape index (κ1) is 19.8. The third-order valence-corrected chi connectivity index (χ3v) is 5.63. The first-order chi connectivity index (χ1) is 15.6. The molecule has 32 heavy (non-hydrogen) atoms. The molecule has 4 aromatic rings. The number of fused-ring (bicyclic) bond motifs is 2. The third kappa shape index (κ3) is 3.67. The van der Waals surface area contributed by atoms with E-state index in [0.717, 1.165) is 16.9 Å². The van der Waals surface area contributed by atoms with Crippen LogP contribution in [-0.4, -0.2) is 16.3 Å². The summed E-state index contributed by atoms with van der Waals surface area (Å²) >= 11 is 0. The second kappa shape index (κ2) is 8.15. The van der Waals surface area contributed by atoms with Gasteiger partial charge in [-0.1, -0.05) is 30.3 Å². The van der Waals surface area contributed by atoms with Crippen LogP contribution >= 0.6 is 0 Å². The molecule has 0 aliphatic carbocycles. The summed E-state index contributed by atoms with van der Waals surface area (Å²) in [5, 5.41) is 6.06. The van der Waals surface area contributed by atoms with Gasteiger partial charge in [-0.15, -0.1) is 0 Å². The Balaban J connectivity index is 1.38. The first-order valence-electron chi connectivity index (χ1n) is 10.3. The van der Waals surface area contributed by atoms with Crippen molar-refractivity contribution in [3.63, 3.8) is 0 Å². The summed E-state index contributed by atoms with van der Waals surface area (Å²) in [6, 6.07) is 23.7. The number of rotatable bonds is 4. The molecule has 1 unspecified atom stereocenters. The zero-order chi connectivity index (χ0) is 22.1. The molecule has 6 heteroatoms. The fourth-order valence-electron chi connectivity index (χ4n) is 3.97. The van der Waals surface area contributed by atoms with Crippen molar-refractivity contribution in [1.82, 2.24) is 4.57 Å². The Morgan fingerprint density at radius 3 is 2.47 bits per heavy atom. The molecule has 2 N–H and O–H groups in total. The zero-order valence-corrected chi connectivity index (χ0v) is 17.1. The summed E-state index contributed by atoms with van der Waals surface area (Å²) in [5.41, 5.74) is 3.91. The number of nitrogens with one attached hydrogen (secondary N) is 2. The third-order valence-electron chi connectivity index (χ3n) is 5.63. The van der Waals surface area contributed by atoms with E-state index in [1.54, 1.807) is 30.3 Å². The predicted molar refractivity (Wildman–Crippen MR) is 121 cm³/mol. The maximum atomic E-state index is 13.8. The van der Waals surface area contributed by atoms with Crippen molar-refractivity contribution < 1.29 is 14.0 Å². The lowest BCUT2D eigenvalue weighted by Gasteiger charge is -2.18. The fourth-order valence-corrected chi connectivity index (χ4v) is 3.97. The van der Waals surface area contributed by atoms with Gasteiger partial charge in [0.2, 0.25) is 0 Å². The average Bonchev–Trinajstić information content (AvgIpc) is 3.20. The topological polar surface area (TPSA) is 63.1 Å². The highest BCUT2D eigenvalue weighted by molar-refractivity contribution is 6.05. The van der Waals surface area contributed by atoms with Crippen LogP contribution in [0.4, 0.5) is 15.8 Å². The van der Waals surface area contributed by atoms with Gasteiger partial charge in [0.05, 0.1) is 5.56 Å². The maximum absolute atomic E-state index is 13.8. The molecule has 0 spiro atoms. The van der Waals surface area contributed by atoms with Crippen LogP contribution in [0.15, 0.2) is 91.1 Å². The molecule has 0 radical (unpaired) electrons. The maximum Gasteiger partial charge on any atom is 0.258 e. The lowest BCUT2D eigenvalue weighted by atomic mass is 10.0. The van der Waals surface area contributed by atoms with Crippen molar-refractivity contribution in [1.29, 1.82) is 0 Å². The van der Waals surface area contributed by atoms with Crippen molar-refractivity contribution in [3.05, 3.63) is 119 Å². The number of benzene rings is 3. The Morgan fingerprint density at radius 2 is 1.66 bits per heavy atom. The number of ketones is 1. The van der Waals surface area contributed by atoms with E-state index >= 15 is 0 Å². The molecule has 1 atom stereocenters. The van der Waals surface area contributed by atoms with Crippen molar-refractivity contribution >= 4 is 23.1 Å². The quantitative estimate of drug-likeness (QED) is 0.438. The molecule has 0 saturated carbocycles. The average molecular weight is 425 g/mol. The highest BCUT2D eigenvalue weighted by atomic mass is 19.1. The van der Waals surface area contributed by atoms with Crippen molar-refractivity contribution in [3.8, 4) is 0 Å². The molecule has 1 aliphatic rings. The van der Waals surface area contributed by atoms with Gasteiger partial charge in [-0.05, 0) is 60.2 Å². The Labute approximate surface area is 184 Å². The minimum Gasteiger partial charge on any atom is -0.370 e. The Morgan fingerprint density at radius 1 is 0.906 bits per heavy atom. The van der Waals surface area contributed by atoms with E-state index in [0.29, 0.717) is 17.8 Å². The lowest BCUT2D eigenvalue weighted by Crippen LogP contribution is -2.22. The molecule has 2 heterocycles. The van der Waals surface area contributed by atoms with Gasteiger partial charge < -0.3 is 15.2 Å². The normalized spacial score (nSPS) is 14.5. The van der Waals surface area contributed by atoms with Gasteiger partial charge in [-0.2, -0.15) is 0 Å². The summed E-state index contributed by atoms with van der Waals surface area (Å²) in [6.45, 7) is 0.691. The van der Waals surface area contributed by atoms with E-state index < -0.39 is 17.8 Å². The molecular weight excluding hydrogens is 405 g/mol. The van der Waals surface area contributed by atoms with Gasteiger partial charge in [-0.25, -0.2) is 4.39 Å². The number of hydrogen-bond acceptors (Lipinski definition) is 3. The SMILES string of the molecule is O=C(Nc1ccc(C(=O)C2Nc3ccccc3Cn3cccc32)cc1)c1ccccc1F. The smallest absolute Gasteiger partial charge is 0.258 e.